The number of rotatable bonds is 6. The van der Waals surface area contributed by atoms with Crippen LogP contribution in [0.25, 0.3) is 0 Å². The second-order valence-electron chi connectivity index (χ2n) is 7.10. The van der Waals surface area contributed by atoms with Crippen molar-refractivity contribution in [3.8, 4) is 0 Å². The van der Waals surface area contributed by atoms with E-state index >= 15 is 0 Å². The van der Waals surface area contributed by atoms with E-state index in [2.05, 4.69) is 4.72 Å². The maximum absolute atomic E-state index is 13.0. The number of nitrogens with zero attached hydrogens (tertiary/aromatic N) is 1. The van der Waals surface area contributed by atoms with Crippen molar-refractivity contribution in [3.63, 3.8) is 0 Å². The number of hydrogen-bond donors (Lipinski definition) is 1. The minimum Gasteiger partial charge on any atom is -0.310 e. The number of benzene rings is 2. The van der Waals surface area contributed by atoms with E-state index < -0.39 is 10.0 Å². The topological polar surface area (TPSA) is 66.5 Å². The maximum Gasteiger partial charge on any atom is 0.240 e. The Labute approximate surface area is 171 Å². The van der Waals surface area contributed by atoms with Crippen LogP contribution in [-0.2, 0) is 21.2 Å². The minimum atomic E-state index is -3.65. The lowest BCUT2D eigenvalue weighted by Gasteiger charge is -2.32. The Morgan fingerprint density at radius 2 is 1.96 bits per heavy atom. The molecule has 1 amide bonds. The van der Waals surface area contributed by atoms with Gasteiger partial charge in [0.1, 0.15) is 0 Å². The van der Waals surface area contributed by atoms with Gasteiger partial charge in [-0.1, -0.05) is 44.2 Å². The van der Waals surface area contributed by atoms with Crippen molar-refractivity contribution >= 4 is 33.4 Å². The van der Waals surface area contributed by atoms with Crippen molar-refractivity contribution in [2.45, 2.75) is 54.7 Å². The van der Waals surface area contributed by atoms with Crippen LogP contribution in [0.2, 0.25) is 0 Å². The first-order valence-electron chi connectivity index (χ1n) is 9.45. The van der Waals surface area contributed by atoms with Crippen molar-refractivity contribution < 1.29 is 13.2 Å². The Morgan fingerprint density at radius 3 is 2.61 bits per heavy atom. The molecule has 0 aromatic heterocycles. The molecule has 2 atom stereocenters. The standard InChI is InChI=1S/C21H26N2O3S2/c1-4-18(12-17-8-6-5-7-9-17)22-28(25,26)19-10-11-20-21(13-19)27-15(2)14-23(20)16(3)24/h5-11,13,15,18,22H,4,12,14H2,1-3H3. The molecule has 0 spiro atoms. The number of amides is 1. The van der Waals surface area contributed by atoms with E-state index in [0.717, 1.165) is 16.1 Å². The van der Waals surface area contributed by atoms with Crippen LogP contribution < -0.4 is 9.62 Å². The van der Waals surface area contributed by atoms with Crippen LogP contribution in [0.5, 0.6) is 0 Å². The van der Waals surface area contributed by atoms with E-state index in [1.165, 1.54) is 6.92 Å². The highest BCUT2D eigenvalue weighted by Gasteiger charge is 2.27. The van der Waals surface area contributed by atoms with Gasteiger partial charge in [-0.25, -0.2) is 13.1 Å². The van der Waals surface area contributed by atoms with Crippen LogP contribution >= 0.6 is 11.8 Å². The summed E-state index contributed by atoms with van der Waals surface area (Å²) in [6, 6.07) is 14.7. The highest BCUT2D eigenvalue weighted by molar-refractivity contribution is 8.00. The molecule has 0 saturated heterocycles. The van der Waals surface area contributed by atoms with E-state index in [-0.39, 0.29) is 22.1 Å². The van der Waals surface area contributed by atoms with E-state index in [9.17, 15) is 13.2 Å². The van der Waals surface area contributed by atoms with Gasteiger partial charge in [-0.2, -0.15) is 0 Å². The largest absolute Gasteiger partial charge is 0.310 e. The van der Waals surface area contributed by atoms with Gasteiger partial charge in [-0.3, -0.25) is 4.79 Å². The van der Waals surface area contributed by atoms with Gasteiger partial charge < -0.3 is 4.90 Å². The van der Waals surface area contributed by atoms with Gasteiger partial charge in [0.2, 0.25) is 15.9 Å². The SMILES string of the molecule is CCC(Cc1ccccc1)NS(=O)(=O)c1ccc2c(c1)SC(C)CN2C(C)=O. The van der Waals surface area contributed by atoms with Gasteiger partial charge >= 0.3 is 0 Å². The monoisotopic (exact) mass is 418 g/mol. The first-order chi connectivity index (χ1) is 13.3. The Bertz CT molecular complexity index is 945. The number of sulfonamides is 1. The zero-order valence-corrected chi connectivity index (χ0v) is 18.0. The fraction of sp³-hybridized carbons (Fsp3) is 0.381. The van der Waals surface area contributed by atoms with Crippen LogP contribution in [0.4, 0.5) is 5.69 Å². The molecule has 7 heteroatoms. The summed E-state index contributed by atoms with van der Waals surface area (Å²) in [5.41, 5.74) is 1.88. The highest BCUT2D eigenvalue weighted by atomic mass is 32.2. The summed E-state index contributed by atoms with van der Waals surface area (Å²) in [7, 11) is -3.65. The van der Waals surface area contributed by atoms with Gasteiger partial charge in [0, 0.05) is 29.7 Å². The Hall–Kier alpha value is -1.83. The molecule has 1 aliphatic heterocycles. The molecule has 2 unspecified atom stereocenters. The second-order valence-corrected chi connectivity index (χ2v) is 10.3. The van der Waals surface area contributed by atoms with Crippen LogP contribution in [0.3, 0.4) is 0 Å². The molecular weight excluding hydrogens is 392 g/mol. The van der Waals surface area contributed by atoms with Gasteiger partial charge in [0.15, 0.2) is 0 Å². The lowest BCUT2D eigenvalue weighted by Crippen LogP contribution is -2.38. The van der Waals surface area contributed by atoms with Gasteiger partial charge in [-0.05, 0) is 36.6 Å². The van der Waals surface area contributed by atoms with Crippen molar-refractivity contribution in [1.29, 1.82) is 0 Å². The molecule has 0 fully saturated rings. The first kappa shape index (κ1) is 20.9. The smallest absolute Gasteiger partial charge is 0.240 e. The molecule has 3 rings (SSSR count). The molecule has 2 aromatic rings. The fourth-order valence-corrected chi connectivity index (χ4v) is 5.91. The molecule has 1 N–H and O–H groups in total. The summed E-state index contributed by atoms with van der Waals surface area (Å²) < 4.78 is 28.8. The first-order valence-corrected chi connectivity index (χ1v) is 11.8. The minimum absolute atomic E-state index is 0.0314. The number of anilines is 1. The Morgan fingerprint density at radius 1 is 1.25 bits per heavy atom. The van der Waals surface area contributed by atoms with Gasteiger partial charge in [0.25, 0.3) is 0 Å². The molecule has 0 radical (unpaired) electrons. The number of fused-ring (bicyclic) bond motifs is 1. The van der Waals surface area contributed by atoms with Crippen molar-refractivity contribution in [3.05, 3.63) is 54.1 Å². The molecule has 0 aliphatic carbocycles. The third kappa shape index (κ3) is 4.77. The molecule has 2 aromatic carbocycles. The predicted molar refractivity (Wildman–Crippen MR) is 114 cm³/mol. The molecule has 5 nitrogen and oxygen atoms in total. The van der Waals surface area contributed by atoms with E-state index in [4.69, 9.17) is 0 Å². The fourth-order valence-electron chi connectivity index (χ4n) is 3.34. The molecule has 150 valence electrons. The highest BCUT2D eigenvalue weighted by Crippen LogP contribution is 2.39. The Kier molecular flexibility index (Phi) is 6.47. The average Bonchev–Trinajstić information content (AvgIpc) is 2.66. The third-order valence-electron chi connectivity index (χ3n) is 4.82. The van der Waals surface area contributed by atoms with Gasteiger partial charge in [0.05, 0.1) is 10.6 Å². The molecular formula is C21H26N2O3S2. The van der Waals surface area contributed by atoms with Crippen LogP contribution in [-0.4, -0.2) is 32.2 Å². The number of carbonyl (C=O) groups excluding carboxylic acids is 1. The molecule has 1 heterocycles. The molecule has 1 aliphatic rings. The second kappa shape index (κ2) is 8.68. The van der Waals surface area contributed by atoms with E-state index in [1.54, 1.807) is 34.9 Å². The summed E-state index contributed by atoms with van der Waals surface area (Å²) in [5.74, 6) is -0.0314. The Balaban J connectivity index is 1.83. The average molecular weight is 419 g/mol. The van der Waals surface area contributed by atoms with E-state index in [0.29, 0.717) is 19.4 Å². The zero-order chi connectivity index (χ0) is 20.3. The quantitative estimate of drug-likeness (QED) is 0.774. The van der Waals surface area contributed by atoms with E-state index in [1.807, 2.05) is 44.2 Å². The van der Waals surface area contributed by atoms with Crippen molar-refractivity contribution in [2.75, 3.05) is 11.4 Å². The summed E-state index contributed by atoms with van der Waals surface area (Å²) in [6.07, 6.45) is 1.34. The number of thioether (sulfide) groups is 1. The number of nitrogens with one attached hydrogen (secondary N) is 1. The maximum atomic E-state index is 13.0. The lowest BCUT2D eigenvalue weighted by atomic mass is 10.1. The summed E-state index contributed by atoms with van der Waals surface area (Å²) in [5, 5.41) is 0.212. The third-order valence-corrected chi connectivity index (χ3v) is 7.47. The predicted octanol–water partition coefficient (Wildman–Crippen LogP) is 3.83. The molecule has 0 bridgehead atoms. The number of hydrogen-bond acceptors (Lipinski definition) is 4. The van der Waals surface area contributed by atoms with Gasteiger partial charge in [-0.15, -0.1) is 11.8 Å². The van der Waals surface area contributed by atoms with Crippen molar-refractivity contribution in [1.82, 2.24) is 4.72 Å². The van der Waals surface area contributed by atoms with Crippen LogP contribution in [0, 0.1) is 0 Å². The number of carbonyl (C=O) groups is 1. The lowest BCUT2D eigenvalue weighted by molar-refractivity contribution is -0.116. The zero-order valence-electron chi connectivity index (χ0n) is 16.4. The summed E-state index contributed by atoms with van der Waals surface area (Å²) >= 11 is 1.60. The normalized spacial score (nSPS) is 17.8. The van der Waals surface area contributed by atoms with Crippen molar-refractivity contribution in [2.24, 2.45) is 0 Å². The van der Waals surface area contributed by atoms with Crippen LogP contribution in [0.1, 0.15) is 32.8 Å². The molecule has 0 saturated carbocycles. The molecule has 28 heavy (non-hydrogen) atoms. The summed E-state index contributed by atoms with van der Waals surface area (Å²) in [6.45, 7) is 6.18. The summed E-state index contributed by atoms with van der Waals surface area (Å²) in [4.78, 5) is 14.7. The van der Waals surface area contributed by atoms with Crippen LogP contribution in [0.15, 0.2) is 58.3 Å².